The van der Waals surface area contributed by atoms with Gasteiger partial charge in [0.25, 0.3) is 0 Å². The SMILES string of the molecule is CC(C1=CCC(Cl)=C1[Si](C)(C)CCO)C1=CCC(Cl)=C1[Si](C)(C)CCO.[Zr]. The van der Waals surface area contributed by atoms with Crippen molar-refractivity contribution in [2.75, 3.05) is 13.2 Å². The Balaban J connectivity index is 0.00000364. The Hall–Kier alpha value is 0.777. The van der Waals surface area contributed by atoms with Crippen molar-refractivity contribution in [3.05, 3.63) is 43.8 Å². The predicted octanol–water partition coefficient (Wildman–Crippen LogP) is 5.75. The van der Waals surface area contributed by atoms with Gasteiger partial charge in [-0.2, -0.15) is 0 Å². The second-order valence-corrected chi connectivity index (χ2v) is 19.2. The van der Waals surface area contributed by atoms with Crippen LogP contribution in [-0.4, -0.2) is 39.6 Å². The molecule has 0 spiro atoms. The largest absolute Gasteiger partial charge is 0.397 e. The molecule has 0 bridgehead atoms. The molecule has 0 amide bonds. The summed E-state index contributed by atoms with van der Waals surface area (Å²) in [6.45, 7) is 11.9. The van der Waals surface area contributed by atoms with Crippen molar-refractivity contribution >= 4 is 39.3 Å². The summed E-state index contributed by atoms with van der Waals surface area (Å²) < 4.78 is 0. The molecule has 27 heavy (non-hydrogen) atoms. The third kappa shape index (κ3) is 5.48. The molecule has 0 aromatic heterocycles. The van der Waals surface area contributed by atoms with E-state index in [0.717, 1.165) is 35.0 Å². The maximum absolute atomic E-state index is 9.52. The van der Waals surface area contributed by atoms with Gasteiger partial charge in [0.05, 0.1) is 16.1 Å². The Morgan fingerprint density at radius 3 is 1.48 bits per heavy atom. The number of aliphatic hydroxyl groups excluding tert-OH is 2. The van der Waals surface area contributed by atoms with E-state index in [9.17, 15) is 10.2 Å². The third-order valence-corrected chi connectivity index (χ3v) is 13.7. The summed E-state index contributed by atoms with van der Waals surface area (Å²) in [4.78, 5) is 0. The van der Waals surface area contributed by atoms with Crippen molar-refractivity contribution in [3.8, 4) is 0 Å². The van der Waals surface area contributed by atoms with Crippen LogP contribution in [0.1, 0.15) is 19.8 Å². The van der Waals surface area contributed by atoms with Crippen molar-refractivity contribution in [2.24, 2.45) is 5.92 Å². The summed E-state index contributed by atoms with van der Waals surface area (Å²) in [5.74, 6) is 0.253. The van der Waals surface area contributed by atoms with Crippen LogP contribution in [0, 0.1) is 5.92 Å². The molecule has 150 valence electrons. The zero-order valence-corrected chi connectivity index (χ0v) is 23.1. The molecule has 0 fully saturated rings. The molecule has 0 heterocycles. The standard InChI is InChI=1S/C20H32Cl2O2Si2.Zr/c1-14(15-6-8-17(21)19(15)25(2,3)12-10-23)16-7-9-18(22)20(16)26(4,5)13-11-24;/h6-7,14,23-24H,8-13H2,1-5H3;. The molecule has 2 aliphatic carbocycles. The van der Waals surface area contributed by atoms with E-state index in [4.69, 9.17) is 23.2 Å². The fourth-order valence-corrected chi connectivity index (χ4v) is 11.8. The summed E-state index contributed by atoms with van der Waals surface area (Å²) in [5, 5.41) is 23.6. The van der Waals surface area contributed by atoms with Crippen LogP contribution in [0.2, 0.25) is 38.3 Å². The number of allylic oxidation sites excluding steroid dienone is 8. The van der Waals surface area contributed by atoms with Crippen molar-refractivity contribution in [2.45, 2.75) is 58.0 Å². The van der Waals surface area contributed by atoms with E-state index >= 15 is 0 Å². The van der Waals surface area contributed by atoms with Crippen molar-refractivity contribution < 1.29 is 36.4 Å². The predicted molar refractivity (Wildman–Crippen MR) is 119 cm³/mol. The third-order valence-electron chi connectivity index (χ3n) is 5.88. The second kappa shape index (κ2) is 10.2. The van der Waals surface area contributed by atoms with Crippen LogP contribution >= 0.6 is 23.2 Å². The molecular weight excluding hydrogens is 491 g/mol. The summed E-state index contributed by atoms with van der Waals surface area (Å²) in [7, 11) is -3.57. The van der Waals surface area contributed by atoms with Crippen LogP contribution in [0.25, 0.3) is 0 Å². The van der Waals surface area contributed by atoms with Crippen LogP contribution in [-0.2, 0) is 26.2 Å². The molecule has 2 nitrogen and oxygen atoms in total. The average molecular weight is 523 g/mol. The van der Waals surface area contributed by atoms with Crippen LogP contribution in [0.5, 0.6) is 0 Å². The van der Waals surface area contributed by atoms with Gasteiger partial charge in [-0.05, 0) is 33.6 Å². The fourth-order valence-electron chi connectivity index (χ4n) is 4.40. The molecule has 0 unspecified atom stereocenters. The topological polar surface area (TPSA) is 40.5 Å². The molecule has 0 saturated heterocycles. The molecule has 2 N–H and O–H groups in total. The van der Waals surface area contributed by atoms with Crippen LogP contribution in [0.4, 0.5) is 0 Å². The zero-order chi connectivity index (χ0) is 19.7. The molecule has 0 aromatic carbocycles. The number of hydrogen-bond acceptors (Lipinski definition) is 2. The van der Waals surface area contributed by atoms with Crippen molar-refractivity contribution in [1.29, 1.82) is 0 Å². The maximum Gasteiger partial charge on any atom is 0.0847 e. The van der Waals surface area contributed by atoms with Gasteiger partial charge in [0, 0.05) is 68.2 Å². The van der Waals surface area contributed by atoms with E-state index in [1.165, 1.54) is 21.5 Å². The Kier molecular flexibility index (Phi) is 9.75. The quantitative estimate of drug-likeness (QED) is 0.399. The molecule has 0 atom stereocenters. The van der Waals surface area contributed by atoms with Gasteiger partial charge < -0.3 is 10.2 Å². The van der Waals surface area contributed by atoms with Gasteiger partial charge in [0.2, 0.25) is 0 Å². The number of halogens is 2. The molecular formula is C20H32Cl2O2Si2Zr. The number of hydrogen-bond donors (Lipinski definition) is 2. The Morgan fingerprint density at radius 2 is 1.19 bits per heavy atom. The van der Waals surface area contributed by atoms with Crippen molar-refractivity contribution in [1.82, 2.24) is 0 Å². The van der Waals surface area contributed by atoms with Gasteiger partial charge in [-0.3, -0.25) is 0 Å². The molecule has 0 aliphatic heterocycles. The van der Waals surface area contributed by atoms with E-state index in [1.807, 2.05) is 0 Å². The van der Waals surface area contributed by atoms with Crippen LogP contribution in [0.15, 0.2) is 43.8 Å². The summed E-state index contributed by atoms with van der Waals surface area (Å²) in [6.07, 6.45) is 6.16. The van der Waals surface area contributed by atoms with Crippen molar-refractivity contribution in [3.63, 3.8) is 0 Å². The Labute approximate surface area is 195 Å². The van der Waals surface area contributed by atoms with E-state index < -0.39 is 16.1 Å². The van der Waals surface area contributed by atoms with E-state index in [-0.39, 0.29) is 45.3 Å². The molecule has 0 aromatic rings. The van der Waals surface area contributed by atoms with Gasteiger partial charge in [-0.1, -0.05) is 68.5 Å². The van der Waals surface area contributed by atoms with Gasteiger partial charge in [-0.15, -0.1) is 0 Å². The first kappa shape index (κ1) is 25.8. The van der Waals surface area contributed by atoms with E-state index in [2.05, 4.69) is 45.3 Å². The van der Waals surface area contributed by atoms with Gasteiger partial charge in [0.1, 0.15) is 0 Å². The van der Waals surface area contributed by atoms with Crippen LogP contribution in [0.3, 0.4) is 0 Å². The average Bonchev–Trinajstić information content (AvgIpc) is 3.10. The van der Waals surface area contributed by atoms with E-state index in [1.54, 1.807) is 0 Å². The summed E-state index contributed by atoms with van der Waals surface area (Å²) in [6, 6.07) is 1.66. The smallest absolute Gasteiger partial charge is 0.0847 e. The minimum absolute atomic E-state index is 0. The summed E-state index contributed by atoms with van der Waals surface area (Å²) >= 11 is 13.3. The van der Waals surface area contributed by atoms with E-state index in [0.29, 0.717) is 0 Å². The molecule has 2 rings (SSSR count). The molecule has 0 saturated carbocycles. The van der Waals surface area contributed by atoms with Gasteiger partial charge >= 0.3 is 0 Å². The minimum Gasteiger partial charge on any atom is -0.397 e. The number of aliphatic hydroxyl groups is 2. The first-order chi connectivity index (χ1) is 12.1. The first-order valence-corrected chi connectivity index (χ1v) is 16.6. The number of rotatable bonds is 8. The second-order valence-electron chi connectivity index (χ2n) is 8.72. The minimum atomic E-state index is -1.79. The molecule has 7 heteroatoms. The fraction of sp³-hybridized carbons (Fsp3) is 0.600. The zero-order valence-electron chi connectivity index (χ0n) is 17.1. The maximum atomic E-state index is 9.52. The molecule has 0 radical (unpaired) electrons. The van der Waals surface area contributed by atoms with Gasteiger partial charge in [0.15, 0.2) is 0 Å². The first-order valence-electron chi connectivity index (χ1n) is 9.47. The summed E-state index contributed by atoms with van der Waals surface area (Å²) in [5.41, 5.74) is 2.67. The van der Waals surface area contributed by atoms with Crippen LogP contribution < -0.4 is 0 Å². The normalized spacial score (nSPS) is 18.3. The molecule has 2 aliphatic rings. The Bertz CT molecular complexity index is 636. The Morgan fingerprint density at radius 1 is 0.852 bits per heavy atom. The van der Waals surface area contributed by atoms with Gasteiger partial charge in [-0.25, -0.2) is 0 Å². The monoisotopic (exact) mass is 520 g/mol.